The Morgan fingerprint density at radius 1 is 1.39 bits per heavy atom. The quantitative estimate of drug-likeness (QED) is 0.840. The van der Waals surface area contributed by atoms with Gasteiger partial charge < -0.3 is 10.6 Å². The smallest absolute Gasteiger partial charge is 0.106 e. The van der Waals surface area contributed by atoms with E-state index in [-0.39, 0.29) is 0 Å². The van der Waals surface area contributed by atoms with Gasteiger partial charge in [-0.05, 0) is 43.9 Å². The average Bonchev–Trinajstić information content (AvgIpc) is 2.32. The van der Waals surface area contributed by atoms with Gasteiger partial charge in [-0.1, -0.05) is 35.1 Å². The SMILES string of the molecule is CC1CCC(C)N(c2ccc(Br)cc2C(N)=S)C1. The maximum Gasteiger partial charge on any atom is 0.106 e. The molecular formula is C14H19BrN2S. The van der Waals surface area contributed by atoms with Crippen LogP contribution in [0.15, 0.2) is 22.7 Å². The lowest BCUT2D eigenvalue weighted by Crippen LogP contribution is -2.42. The number of nitrogens with two attached hydrogens (primary N) is 1. The Bertz CT molecular complexity index is 461. The van der Waals surface area contributed by atoms with Gasteiger partial charge in [0.1, 0.15) is 4.99 Å². The molecule has 2 unspecified atom stereocenters. The summed E-state index contributed by atoms with van der Waals surface area (Å²) in [4.78, 5) is 2.91. The van der Waals surface area contributed by atoms with E-state index in [1.807, 2.05) is 6.07 Å². The molecule has 0 saturated carbocycles. The van der Waals surface area contributed by atoms with Crippen LogP contribution in [0.2, 0.25) is 0 Å². The number of piperidine rings is 1. The maximum absolute atomic E-state index is 5.85. The topological polar surface area (TPSA) is 29.3 Å². The molecule has 0 amide bonds. The van der Waals surface area contributed by atoms with Gasteiger partial charge in [-0.2, -0.15) is 0 Å². The summed E-state index contributed by atoms with van der Waals surface area (Å²) < 4.78 is 1.02. The molecule has 98 valence electrons. The number of halogens is 1. The van der Waals surface area contributed by atoms with Gasteiger partial charge in [-0.25, -0.2) is 0 Å². The van der Waals surface area contributed by atoms with E-state index in [0.717, 1.165) is 22.5 Å². The maximum atomic E-state index is 5.85. The molecule has 1 heterocycles. The highest BCUT2D eigenvalue weighted by Gasteiger charge is 2.25. The first-order valence-corrected chi connectivity index (χ1v) is 7.55. The van der Waals surface area contributed by atoms with Gasteiger partial charge in [-0.15, -0.1) is 0 Å². The summed E-state index contributed by atoms with van der Waals surface area (Å²) in [6, 6.07) is 6.75. The zero-order valence-corrected chi connectivity index (χ0v) is 13.2. The fourth-order valence-corrected chi connectivity index (χ4v) is 3.11. The molecule has 1 aliphatic rings. The molecule has 0 spiro atoms. The molecule has 1 aromatic carbocycles. The number of benzene rings is 1. The lowest BCUT2D eigenvalue weighted by atomic mass is 9.94. The third-order valence-corrected chi connectivity index (χ3v) is 4.36. The van der Waals surface area contributed by atoms with Gasteiger partial charge in [0.2, 0.25) is 0 Å². The van der Waals surface area contributed by atoms with Gasteiger partial charge >= 0.3 is 0 Å². The van der Waals surface area contributed by atoms with E-state index in [0.29, 0.717) is 11.0 Å². The third-order valence-electron chi connectivity index (χ3n) is 3.65. The minimum atomic E-state index is 0.469. The summed E-state index contributed by atoms with van der Waals surface area (Å²) in [5, 5.41) is 0. The Morgan fingerprint density at radius 3 is 2.78 bits per heavy atom. The van der Waals surface area contributed by atoms with Crippen molar-refractivity contribution in [3.05, 3.63) is 28.2 Å². The molecule has 2 N–H and O–H groups in total. The second-order valence-electron chi connectivity index (χ2n) is 5.21. The molecule has 18 heavy (non-hydrogen) atoms. The minimum absolute atomic E-state index is 0.469. The fraction of sp³-hybridized carbons (Fsp3) is 0.500. The van der Waals surface area contributed by atoms with E-state index >= 15 is 0 Å². The second-order valence-corrected chi connectivity index (χ2v) is 6.57. The van der Waals surface area contributed by atoms with Crippen molar-refractivity contribution < 1.29 is 0 Å². The van der Waals surface area contributed by atoms with Crippen molar-refractivity contribution in [1.82, 2.24) is 0 Å². The Kier molecular flexibility index (Phi) is 4.28. The molecule has 2 atom stereocenters. The van der Waals surface area contributed by atoms with Crippen molar-refractivity contribution in [2.45, 2.75) is 32.7 Å². The van der Waals surface area contributed by atoms with E-state index in [9.17, 15) is 0 Å². The monoisotopic (exact) mass is 326 g/mol. The van der Waals surface area contributed by atoms with E-state index in [1.165, 1.54) is 18.5 Å². The first kappa shape index (κ1) is 13.8. The predicted molar refractivity (Wildman–Crippen MR) is 85.2 cm³/mol. The van der Waals surface area contributed by atoms with Crippen LogP contribution < -0.4 is 10.6 Å². The Balaban J connectivity index is 2.40. The molecule has 2 rings (SSSR count). The molecule has 0 aromatic heterocycles. The summed E-state index contributed by atoms with van der Waals surface area (Å²) in [5.41, 5.74) is 8.00. The summed E-state index contributed by atoms with van der Waals surface area (Å²) in [7, 11) is 0. The summed E-state index contributed by atoms with van der Waals surface area (Å²) in [5.74, 6) is 0.726. The zero-order valence-electron chi connectivity index (χ0n) is 10.8. The molecule has 1 aliphatic heterocycles. The highest BCUT2D eigenvalue weighted by Crippen LogP contribution is 2.31. The highest BCUT2D eigenvalue weighted by molar-refractivity contribution is 9.10. The van der Waals surface area contributed by atoms with Gasteiger partial charge in [0.25, 0.3) is 0 Å². The van der Waals surface area contributed by atoms with Crippen LogP contribution >= 0.6 is 28.1 Å². The summed E-state index contributed by atoms with van der Waals surface area (Å²) in [6.07, 6.45) is 2.53. The van der Waals surface area contributed by atoms with Crippen LogP contribution in [-0.4, -0.2) is 17.6 Å². The number of rotatable bonds is 2. The van der Waals surface area contributed by atoms with Crippen LogP contribution in [-0.2, 0) is 0 Å². The first-order chi connectivity index (χ1) is 8.49. The van der Waals surface area contributed by atoms with Crippen LogP contribution in [0.4, 0.5) is 5.69 Å². The largest absolute Gasteiger partial charge is 0.389 e. The number of anilines is 1. The average molecular weight is 327 g/mol. The zero-order chi connectivity index (χ0) is 13.3. The molecule has 1 aromatic rings. The number of nitrogens with zero attached hydrogens (tertiary/aromatic N) is 1. The Labute approximate surface area is 123 Å². The molecule has 4 heteroatoms. The van der Waals surface area contributed by atoms with Crippen molar-refractivity contribution in [3.63, 3.8) is 0 Å². The summed E-state index contributed by atoms with van der Waals surface area (Å²) >= 11 is 8.66. The van der Waals surface area contributed by atoms with Gasteiger partial charge in [0, 0.05) is 28.3 Å². The van der Waals surface area contributed by atoms with Crippen molar-refractivity contribution in [2.24, 2.45) is 11.7 Å². The number of hydrogen-bond acceptors (Lipinski definition) is 2. The predicted octanol–water partition coefficient (Wildman–Crippen LogP) is 3.71. The standard InChI is InChI=1S/C14H19BrN2S/c1-9-3-4-10(2)17(8-9)13-6-5-11(15)7-12(13)14(16)18/h5-7,9-10H,3-4,8H2,1-2H3,(H2,16,18). The molecule has 0 bridgehead atoms. The van der Waals surface area contributed by atoms with Crippen LogP contribution in [0.25, 0.3) is 0 Å². The third kappa shape index (κ3) is 2.86. The van der Waals surface area contributed by atoms with Gasteiger partial charge in [-0.3, -0.25) is 0 Å². The molecule has 0 radical (unpaired) electrons. The van der Waals surface area contributed by atoms with E-state index in [4.69, 9.17) is 18.0 Å². The number of hydrogen-bond donors (Lipinski definition) is 1. The van der Waals surface area contributed by atoms with Crippen molar-refractivity contribution in [1.29, 1.82) is 0 Å². The van der Waals surface area contributed by atoms with Crippen LogP contribution in [0.1, 0.15) is 32.3 Å². The fourth-order valence-electron chi connectivity index (χ4n) is 2.58. The Hall–Kier alpha value is -0.610. The van der Waals surface area contributed by atoms with Crippen molar-refractivity contribution in [3.8, 4) is 0 Å². The van der Waals surface area contributed by atoms with Crippen molar-refractivity contribution in [2.75, 3.05) is 11.4 Å². The Morgan fingerprint density at radius 2 is 2.11 bits per heavy atom. The summed E-state index contributed by atoms with van der Waals surface area (Å²) in [6.45, 7) is 5.66. The molecule has 2 nitrogen and oxygen atoms in total. The highest BCUT2D eigenvalue weighted by atomic mass is 79.9. The van der Waals surface area contributed by atoms with Crippen LogP contribution in [0.3, 0.4) is 0 Å². The van der Waals surface area contributed by atoms with Crippen LogP contribution in [0, 0.1) is 5.92 Å². The van der Waals surface area contributed by atoms with Gasteiger partial charge in [0.15, 0.2) is 0 Å². The molecular weight excluding hydrogens is 308 g/mol. The minimum Gasteiger partial charge on any atom is -0.389 e. The molecule has 1 saturated heterocycles. The second kappa shape index (κ2) is 5.57. The molecule has 1 fully saturated rings. The van der Waals surface area contributed by atoms with Crippen LogP contribution in [0.5, 0.6) is 0 Å². The van der Waals surface area contributed by atoms with E-state index < -0.39 is 0 Å². The normalized spacial score (nSPS) is 24.1. The van der Waals surface area contributed by atoms with E-state index in [1.54, 1.807) is 0 Å². The van der Waals surface area contributed by atoms with E-state index in [2.05, 4.69) is 46.8 Å². The first-order valence-electron chi connectivity index (χ1n) is 6.35. The van der Waals surface area contributed by atoms with Crippen molar-refractivity contribution >= 4 is 38.8 Å². The molecule has 0 aliphatic carbocycles. The van der Waals surface area contributed by atoms with Gasteiger partial charge in [0.05, 0.1) is 0 Å². The lowest BCUT2D eigenvalue weighted by molar-refractivity contribution is 0.390. The number of thiocarbonyl (C=S) groups is 1. The lowest BCUT2D eigenvalue weighted by Gasteiger charge is -2.39.